The van der Waals surface area contributed by atoms with Gasteiger partial charge in [-0.05, 0) is 30.7 Å². The number of hydrogen-bond acceptors (Lipinski definition) is 2. The first-order valence-corrected chi connectivity index (χ1v) is 5.85. The minimum Gasteiger partial charge on any atom is -0.455 e. The van der Waals surface area contributed by atoms with Crippen LogP contribution in [0.5, 0.6) is 11.5 Å². The number of rotatable bonds is 2. The molecule has 17 heavy (non-hydrogen) atoms. The van der Waals surface area contributed by atoms with E-state index in [1.165, 1.54) is 0 Å². The van der Waals surface area contributed by atoms with Crippen LogP contribution in [0.25, 0.3) is 0 Å². The Hall–Kier alpha value is -1.96. The first kappa shape index (κ1) is 13.1. The van der Waals surface area contributed by atoms with Crippen molar-refractivity contribution in [3.05, 3.63) is 54.1 Å². The van der Waals surface area contributed by atoms with Gasteiger partial charge in [-0.15, -0.1) is 0 Å². The van der Waals surface area contributed by atoms with Crippen molar-refractivity contribution in [2.75, 3.05) is 5.73 Å². The van der Waals surface area contributed by atoms with Crippen molar-refractivity contribution in [3.8, 4) is 11.5 Å². The van der Waals surface area contributed by atoms with E-state index in [9.17, 15) is 0 Å². The van der Waals surface area contributed by atoms with E-state index in [4.69, 9.17) is 10.5 Å². The minimum atomic E-state index is 0.653. The van der Waals surface area contributed by atoms with Gasteiger partial charge in [0.05, 0.1) is 5.69 Å². The lowest BCUT2D eigenvalue weighted by Crippen LogP contribution is -1.92. The molecule has 2 N–H and O–H groups in total. The molecular weight excluding hydrogens is 210 g/mol. The van der Waals surface area contributed by atoms with E-state index < -0.39 is 0 Å². The lowest BCUT2D eigenvalue weighted by atomic mass is 10.2. The Balaban J connectivity index is 0.000000686. The molecule has 2 heteroatoms. The Morgan fingerprint density at radius 3 is 1.94 bits per heavy atom. The van der Waals surface area contributed by atoms with Gasteiger partial charge in [-0.2, -0.15) is 0 Å². The Morgan fingerprint density at radius 2 is 1.35 bits per heavy atom. The molecule has 0 aliphatic rings. The summed E-state index contributed by atoms with van der Waals surface area (Å²) in [5.74, 6) is 1.54. The standard InChI is InChI=1S/C13H13NO.C2H6/c1-10-6-2-4-8-12(10)15-13-9-5-3-7-11(13)14;1-2/h2-9H,14H2,1H3;1-2H3. The second-order valence-electron chi connectivity index (χ2n) is 3.41. The number of para-hydroxylation sites is 3. The van der Waals surface area contributed by atoms with Gasteiger partial charge in [0.2, 0.25) is 0 Å². The second kappa shape index (κ2) is 6.59. The van der Waals surface area contributed by atoms with Gasteiger partial charge in [-0.25, -0.2) is 0 Å². The number of nitrogen functional groups attached to an aromatic ring is 1. The Labute approximate surface area is 103 Å². The van der Waals surface area contributed by atoms with Crippen molar-refractivity contribution >= 4 is 5.69 Å². The number of nitrogens with two attached hydrogens (primary N) is 1. The van der Waals surface area contributed by atoms with E-state index in [2.05, 4.69) is 0 Å². The molecule has 0 aromatic heterocycles. The summed E-state index contributed by atoms with van der Waals surface area (Å²) < 4.78 is 5.71. The summed E-state index contributed by atoms with van der Waals surface area (Å²) in [5, 5.41) is 0. The minimum absolute atomic E-state index is 0.653. The van der Waals surface area contributed by atoms with Crippen LogP contribution in [0, 0.1) is 6.92 Å². The van der Waals surface area contributed by atoms with Crippen molar-refractivity contribution in [2.45, 2.75) is 20.8 Å². The molecule has 0 bridgehead atoms. The first-order chi connectivity index (χ1) is 8.27. The van der Waals surface area contributed by atoms with Crippen molar-refractivity contribution in [1.29, 1.82) is 0 Å². The predicted molar refractivity (Wildman–Crippen MR) is 73.5 cm³/mol. The molecule has 0 saturated carbocycles. The van der Waals surface area contributed by atoms with Crippen LogP contribution in [0.1, 0.15) is 19.4 Å². The van der Waals surface area contributed by atoms with Gasteiger partial charge < -0.3 is 10.5 Å². The van der Waals surface area contributed by atoms with Crippen LogP contribution < -0.4 is 10.5 Å². The van der Waals surface area contributed by atoms with Crippen LogP contribution in [0.2, 0.25) is 0 Å². The third kappa shape index (κ3) is 3.52. The molecule has 0 atom stereocenters. The zero-order valence-electron chi connectivity index (χ0n) is 10.6. The molecule has 2 aromatic rings. The van der Waals surface area contributed by atoms with Crippen molar-refractivity contribution < 1.29 is 4.74 Å². The summed E-state index contributed by atoms with van der Waals surface area (Å²) in [6, 6.07) is 15.4. The van der Waals surface area contributed by atoms with Crippen LogP contribution >= 0.6 is 0 Å². The normalized spacial score (nSPS) is 9.12. The fraction of sp³-hybridized carbons (Fsp3) is 0.200. The smallest absolute Gasteiger partial charge is 0.150 e. The highest BCUT2D eigenvalue weighted by Gasteiger charge is 2.02. The third-order valence-corrected chi connectivity index (χ3v) is 2.23. The van der Waals surface area contributed by atoms with Gasteiger partial charge in [-0.3, -0.25) is 0 Å². The largest absolute Gasteiger partial charge is 0.455 e. The highest BCUT2D eigenvalue weighted by molar-refractivity contribution is 5.54. The number of ether oxygens (including phenoxy) is 1. The summed E-state index contributed by atoms with van der Waals surface area (Å²) in [7, 11) is 0. The Morgan fingerprint density at radius 1 is 0.824 bits per heavy atom. The Kier molecular flexibility index (Phi) is 5.08. The van der Waals surface area contributed by atoms with Crippen LogP contribution in [-0.4, -0.2) is 0 Å². The third-order valence-electron chi connectivity index (χ3n) is 2.23. The lowest BCUT2D eigenvalue weighted by Gasteiger charge is -2.09. The average Bonchev–Trinajstić information content (AvgIpc) is 2.37. The van der Waals surface area contributed by atoms with Crippen LogP contribution in [0.3, 0.4) is 0 Å². The summed E-state index contributed by atoms with van der Waals surface area (Å²) in [6.07, 6.45) is 0. The van der Waals surface area contributed by atoms with Crippen LogP contribution in [0.4, 0.5) is 5.69 Å². The predicted octanol–water partition coefficient (Wildman–Crippen LogP) is 4.40. The maximum Gasteiger partial charge on any atom is 0.150 e. The molecule has 0 saturated heterocycles. The zero-order valence-corrected chi connectivity index (χ0v) is 10.6. The highest BCUT2D eigenvalue weighted by Crippen LogP contribution is 2.28. The van der Waals surface area contributed by atoms with Crippen molar-refractivity contribution in [1.82, 2.24) is 0 Å². The number of aryl methyl sites for hydroxylation is 1. The van der Waals surface area contributed by atoms with Crippen molar-refractivity contribution in [2.24, 2.45) is 0 Å². The lowest BCUT2D eigenvalue weighted by molar-refractivity contribution is 0.481. The first-order valence-electron chi connectivity index (χ1n) is 5.85. The average molecular weight is 229 g/mol. The molecule has 0 spiro atoms. The maximum absolute atomic E-state index is 5.79. The summed E-state index contributed by atoms with van der Waals surface area (Å²) in [6.45, 7) is 6.01. The topological polar surface area (TPSA) is 35.2 Å². The van der Waals surface area contributed by atoms with Crippen LogP contribution in [-0.2, 0) is 0 Å². The fourth-order valence-corrected chi connectivity index (χ4v) is 1.36. The van der Waals surface area contributed by atoms with Gasteiger partial charge in [-0.1, -0.05) is 44.2 Å². The zero-order chi connectivity index (χ0) is 12.7. The van der Waals surface area contributed by atoms with Gasteiger partial charge in [0.25, 0.3) is 0 Å². The summed E-state index contributed by atoms with van der Waals surface area (Å²) >= 11 is 0. The SMILES string of the molecule is CC.Cc1ccccc1Oc1ccccc1N. The van der Waals surface area contributed by atoms with Gasteiger partial charge in [0.15, 0.2) is 0 Å². The molecule has 0 radical (unpaired) electrons. The van der Waals surface area contributed by atoms with Crippen molar-refractivity contribution in [3.63, 3.8) is 0 Å². The molecule has 0 heterocycles. The molecule has 0 aliphatic heterocycles. The monoisotopic (exact) mass is 229 g/mol. The van der Waals surface area contributed by atoms with Gasteiger partial charge in [0.1, 0.15) is 11.5 Å². The van der Waals surface area contributed by atoms with E-state index >= 15 is 0 Å². The molecular formula is C15H19NO. The number of benzene rings is 2. The molecule has 0 unspecified atom stereocenters. The highest BCUT2D eigenvalue weighted by atomic mass is 16.5. The quantitative estimate of drug-likeness (QED) is 0.775. The van der Waals surface area contributed by atoms with Gasteiger partial charge >= 0.3 is 0 Å². The van der Waals surface area contributed by atoms with Gasteiger partial charge in [0, 0.05) is 0 Å². The molecule has 2 rings (SSSR count). The van der Waals surface area contributed by atoms with E-state index in [-0.39, 0.29) is 0 Å². The molecule has 0 fully saturated rings. The molecule has 0 amide bonds. The molecule has 2 aromatic carbocycles. The van der Waals surface area contributed by atoms with E-state index in [1.54, 1.807) is 0 Å². The fourth-order valence-electron chi connectivity index (χ4n) is 1.36. The summed E-state index contributed by atoms with van der Waals surface area (Å²) in [4.78, 5) is 0. The van der Waals surface area contributed by atoms with E-state index in [1.807, 2.05) is 69.3 Å². The Bertz CT molecular complexity index is 422. The molecule has 0 aliphatic carbocycles. The van der Waals surface area contributed by atoms with E-state index in [0.29, 0.717) is 11.4 Å². The number of hydrogen-bond donors (Lipinski definition) is 1. The number of anilines is 1. The summed E-state index contributed by atoms with van der Waals surface area (Å²) in [5.41, 5.74) is 7.54. The molecule has 2 nitrogen and oxygen atoms in total. The maximum atomic E-state index is 5.79. The van der Waals surface area contributed by atoms with Crippen LogP contribution in [0.15, 0.2) is 48.5 Å². The van der Waals surface area contributed by atoms with E-state index in [0.717, 1.165) is 11.3 Å². The second-order valence-corrected chi connectivity index (χ2v) is 3.41. The molecule has 90 valence electrons.